The van der Waals surface area contributed by atoms with Crippen LogP contribution in [0, 0.1) is 0 Å². The molecule has 1 unspecified atom stereocenters. The minimum absolute atomic E-state index is 0.112. The lowest BCUT2D eigenvalue weighted by atomic mass is 9.93. The fourth-order valence-corrected chi connectivity index (χ4v) is 3.33. The van der Waals surface area contributed by atoms with Crippen molar-refractivity contribution in [1.29, 1.82) is 0 Å². The van der Waals surface area contributed by atoms with Gasteiger partial charge in [-0.25, -0.2) is 4.79 Å². The van der Waals surface area contributed by atoms with Crippen molar-refractivity contribution < 1.29 is 14.0 Å². The van der Waals surface area contributed by atoms with Gasteiger partial charge in [0.1, 0.15) is 0 Å². The number of aromatic nitrogens is 1. The second-order valence-electron chi connectivity index (χ2n) is 6.36. The van der Waals surface area contributed by atoms with Crippen LogP contribution in [0.3, 0.4) is 0 Å². The fourth-order valence-electron chi connectivity index (χ4n) is 3.33. The topological polar surface area (TPSA) is 95.4 Å². The Hall–Kier alpha value is -3.61. The second kappa shape index (κ2) is 6.60. The molecule has 7 nitrogen and oxygen atoms in total. The van der Waals surface area contributed by atoms with Gasteiger partial charge in [-0.1, -0.05) is 24.3 Å². The molecule has 2 aromatic carbocycles. The van der Waals surface area contributed by atoms with Gasteiger partial charge in [-0.05, 0) is 35.4 Å². The first-order chi connectivity index (χ1) is 13.0. The molecule has 0 bridgehead atoms. The molecule has 27 heavy (non-hydrogen) atoms. The van der Waals surface area contributed by atoms with Crippen LogP contribution in [0.1, 0.15) is 30.5 Å². The Morgan fingerprint density at radius 2 is 2.04 bits per heavy atom. The number of fused-ring (bicyclic) bond motifs is 2. The van der Waals surface area contributed by atoms with E-state index in [-0.39, 0.29) is 24.3 Å². The van der Waals surface area contributed by atoms with Gasteiger partial charge in [0.25, 0.3) is 0 Å². The Morgan fingerprint density at radius 3 is 2.85 bits per heavy atom. The first-order valence-corrected chi connectivity index (χ1v) is 8.50. The minimum Gasteiger partial charge on any atom is -0.408 e. The van der Waals surface area contributed by atoms with Crippen LogP contribution in [0.4, 0.5) is 5.69 Å². The number of anilines is 1. The molecule has 0 radical (unpaired) electrons. The van der Waals surface area contributed by atoms with Crippen molar-refractivity contribution >= 4 is 34.7 Å². The number of hydrogen-bond donors (Lipinski definition) is 2. The predicted molar refractivity (Wildman–Crippen MR) is 101 cm³/mol. The van der Waals surface area contributed by atoms with Gasteiger partial charge < -0.3 is 14.6 Å². The normalized spacial score (nSPS) is 15.6. The Kier molecular flexibility index (Phi) is 4.12. The summed E-state index contributed by atoms with van der Waals surface area (Å²) in [6.45, 7) is 1.48. The molecular weight excluding hydrogens is 346 g/mol. The first kappa shape index (κ1) is 16.8. The maximum atomic E-state index is 12.6. The number of rotatable bonds is 3. The molecule has 0 fully saturated rings. The molecule has 1 aromatic heterocycles. The molecule has 1 aliphatic heterocycles. The van der Waals surface area contributed by atoms with Gasteiger partial charge in [-0.2, -0.15) is 0 Å². The largest absolute Gasteiger partial charge is 0.417 e. The van der Waals surface area contributed by atoms with Gasteiger partial charge in [0.05, 0.1) is 18.0 Å². The molecule has 4 rings (SSSR count). The molecule has 3 aromatic rings. The van der Waals surface area contributed by atoms with E-state index in [1.54, 1.807) is 29.3 Å². The lowest BCUT2D eigenvalue weighted by Gasteiger charge is -2.32. The van der Waals surface area contributed by atoms with E-state index in [1.165, 1.54) is 6.92 Å². The molecule has 2 N–H and O–H groups in total. The molecule has 2 heterocycles. The highest BCUT2D eigenvalue weighted by Gasteiger charge is 2.28. The summed E-state index contributed by atoms with van der Waals surface area (Å²) in [4.78, 5) is 40.0. The van der Waals surface area contributed by atoms with Gasteiger partial charge in [0, 0.05) is 18.8 Å². The van der Waals surface area contributed by atoms with E-state index in [2.05, 4.69) is 10.3 Å². The van der Waals surface area contributed by atoms with Crippen molar-refractivity contribution in [2.24, 2.45) is 0 Å². The summed E-state index contributed by atoms with van der Waals surface area (Å²) >= 11 is 0. The molecule has 136 valence electrons. The third-order valence-corrected chi connectivity index (χ3v) is 4.55. The number of benzene rings is 2. The van der Waals surface area contributed by atoms with Crippen LogP contribution in [0.15, 0.2) is 57.9 Å². The summed E-state index contributed by atoms with van der Waals surface area (Å²) in [7, 11) is 0. The molecule has 1 aliphatic rings. The van der Waals surface area contributed by atoms with Crippen molar-refractivity contribution in [2.75, 3.05) is 5.32 Å². The first-order valence-electron chi connectivity index (χ1n) is 8.50. The van der Waals surface area contributed by atoms with Gasteiger partial charge in [0.15, 0.2) is 5.58 Å². The van der Waals surface area contributed by atoms with Crippen LogP contribution in [0.25, 0.3) is 17.2 Å². The zero-order valence-corrected chi connectivity index (χ0v) is 14.6. The van der Waals surface area contributed by atoms with Crippen LogP contribution in [0.2, 0.25) is 0 Å². The van der Waals surface area contributed by atoms with Gasteiger partial charge >= 0.3 is 5.76 Å². The van der Waals surface area contributed by atoms with E-state index >= 15 is 0 Å². The van der Waals surface area contributed by atoms with Crippen molar-refractivity contribution in [3.8, 4) is 0 Å². The summed E-state index contributed by atoms with van der Waals surface area (Å²) in [5.74, 6) is -0.909. The average Bonchev–Trinajstić information content (AvgIpc) is 3.01. The van der Waals surface area contributed by atoms with Crippen LogP contribution >= 0.6 is 0 Å². The molecule has 2 amide bonds. The highest BCUT2D eigenvalue weighted by molar-refractivity contribution is 5.93. The van der Waals surface area contributed by atoms with E-state index in [4.69, 9.17) is 4.42 Å². The van der Waals surface area contributed by atoms with E-state index in [1.807, 2.05) is 30.3 Å². The number of aromatic amines is 1. The Balaban J connectivity index is 1.57. The van der Waals surface area contributed by atoms with E-state index in [0.29, 0.717) is 16.8 Å². The second-order valence-corrected chi connectivity index (χ2v) is 6.36. The standard InChI is InChI=1S/C20H17N3O4/c1-12(24)23-9-8-13-4-2-3-5-15(13)17(23)11-19(25)21-14-6-7-18-16(10-14)22-20(26)27-18/h2-10,17H,11H2,1H3,(H,21,25)(H,22,26). The molecule has 1 atom stereocenters. The number of H-pyrrole nitrogens is 1. The Labute approximate surface area is 154 Å². The van der Waals surface area contributed by atoms with E-state index in [0.717, 1.165) is 11.1 Å². The highest BCUT2D eigenvalue weighted by atomic mass is 16.4. The highest BCUT2D eigenvalue weighted by Crippen LogP contribution is 2.33. The third kappa shape index (κ3) is 3.27. The molecule has 0 saturated carbocycles. The van der Waals surface area contributed by atoms with Crippen LogP contribution in [-0.4, -0.2) is 21.7 Å². The van der Waals surface area contributed by atoms with Crippen molar-refractivity contribution in [3.63, 3.8) is 0 Å². The lowest BCUT2D eigenvalue weighted by molar-refractivity contribution is -0.129. The molecular formula is C20H17N3O4. The number of carbonyl (C=O) groups is 2. The molecule has 0 saturated heterocycles. The fraction of sp³-hybridized carbons (Fsp3) is 0.150. The predicted octanol–water partition coefficient (Wildman–Crippen LogP) is 3.02. The zero-order chi connectivity index (χ0) is 19.0. The summed E-state index contributed by atoms with van der Waals surface area (Å²) < 4.78 is 4.95. The average molecular weight is 363 g/mol. The van der Waals surface area contributed by atoms with Crippen LogP contribution < -0.4 is 11.1 Å². The Bertz CT molecular complexity index is 1130. The van der Waals surface area contributed by atoms with E-state index in [9.17, 15) is 14.4 Å². The number of amides is 2. The van der Waals surface area contributed by atoms with Gasteiger partial charge in [-0.15, -0.1) is 0 Å². The summed E-state index contributed by atoms with van der Waals surface area (Å²) in [6, 6.07) is 12.2. The Morgan fingerprint density at radius 1 is 1.22 bits per heavy atom. The molecule has 0 aliphatic carbocycles. The number of oxazole rings is 1. The lowest BCUT2D eigenvalue weighted by Crippen LogP contribution is -2.33. The number of nitrogens with zero attached hydrogens (tertiary/aromatic N) is 1. The SMILES string of the molecule is CC(=O)N1C=Cc2ccccc2C1CC(=O)Nc1ccc2oc(=O)[nH]c2c1. The van der Waals surface area contributed by atoms with Crippen LogP contribution in [0.5, 0.6) is 0 Å². The molecule has 7 heteroatoms. The van der Waals surface area contributed by atoms with Crippen LogP contribution in [-0.2, 0) is 9.59 Å². The minimum atomic E-state index is -0.545. The summed E-state index contributed by atoms with van der Waals surface area (Å²) in [5, 5.41) is 2.82. The third-order valence-electron chi connectivity index (χ3n) is 4.55. The quantitative estimate of drug-likeness (QED) is 0.748. The maximum absolute atomic E-state index is 12.6. The van der Waals surface area contributed by atoms with Crippen molar-refractivity contribution in [2.45, 2.75) is 19.4 Å². The van der Waals surface area contributed by atoms with Gasteiger partial charge in [0.2, 0.25) is 11.8 Å². The van der Waals surface area contributed by atoms with Gasteiger partial charge in [-0.3, -0.25) is 14.6 Å². The number of carbonyl (C=O) groups excluding carboxylic acids is 2. The van der Waals surface area contributed by atoms with Crippen molar-refractivity contribution in [1.82, 2.24) is 9.88 Å². The monoisotopic (exact) mass is 363 g/mol. The molecule has 0 spiro atoms. The number of nitrogens with one attached hydrogen (secondary N) is 2. The number of hydrogen-bond acceptors (Lipinski definition) is 4. The summed E-state index contributed by atoms with van der Waals surface area (Å²) in [5.41, 5.74) is 3.39. The van der Waals surface area contributed by atoms with Crippen molar-refractivity contribution in [3.05, 3.63) is 70.3 Å². The zero-order valence-electron chi connectivity index (χ0n) is 14.6. The summed E-state index contributed by atoms with van der Waals surface area (Å²) in [6.07, 6.45) is 3.69. The smallest absolute Gasteiger partial charge is 0.408 e. The van der Waals surface area contributed by atoms with E-state index < -0.39 is 5.76 Å². The maximum Gasteiger partial charge on any atom is 0.417 e.